The van der Waals surface area contributed by atoms with Crippen molar-refractivity contribution in [1.82, 2.24) is 10.2 Å². The Labute approximate surface area is 144 Å². The van der Waals surface area contributed by atoms with Gasteiger partial charge in [0.1, 0.15) is 0 Å². The molecule has 0 aliphatic carbocycles. The first-order chi connectivity index (χ1) is 11.1. The predicted molar refractivity (Wildman–Crippen MR) is 98.4 cm³/mol. The molecule has 1 aliphatic heterocycles. The first kappa shape index (κ1) is 16.5. The fourth-order valence-corrected chi connectivity index (χ4v) is 3.71. The minimum atomic E-state index is 0.227. The molecule has 1 atom stereocenters. The number of nitrogens with one attached hydrogen (secondary N) is 1. The lowest BCUT2D eigenvalue weighted by Gasteiger charge is -2.37. The molecule has 1 saturated heterocycles. The second-order valence-electron chi connectivity index (χ2n) is 6.50. The molecule has 2 aromatic rings. The smallest absolute Gasteiger partial charge is 0.0620 e. The maximum atomic E-state index is 6.57. The van der Waals surface area contributed by atoms with Crippen molar-refractivity contribution in [2.75, 3.05) is 26.2 Å². The summed E-state index contributed by atoms with van der Waals surface area (Å²) in [4.78, 5) is 2.55. The molecule has 2 aromatic carbocycles. The van der Waals surface area contributed by atoms with Crippen LogP contribution in [0.4, 0.5) is 0 Å². The standard InChI is InChI=1S/C20H25ClN2/c1-14-12-16(3)18(13-15(14)2)20(23-10-8-22-9-11-23)17-6-4-5-7-19(17)21/h4-7,12-13,20,22H,8-11H2,1-3H3. The molecule has 1 aliphatic rings. The molecule has 1 fully saturated rings. The molecular weight excluding hydrogens is 304 g/mol. The Morgan fingerprint density at radius 2 is 1.57 bits per heavy atom. The van der Waals surface area contributed by atoms with Crippen LogP contribution in [0.3, 0.4) is 0 Å². The Balaban J connectivity index is 2.12. The molecule has 0 radical (unpaired) electrons. The number of rotatable bonds is 3. The molecule has 0 amide bonds. The molecule has 3 rings (SSSR count). The van der Waals surface area contributed by atoms with E-state index in [1.54, 1.807) is 0 Å². The average molecular weight is 329 g/mol. The Morgan fingerprint density at radius 3 is 2.26 bits per heavy atom. The molecule has 23 heavy (non-hydrogen) atoms. The Bertz CT molecular complexity index is 690. The molecule has 1 heterocycles. The number of piperazine rings is 1. The normalized spacial score (nSPS) is 17.2. The van der Waals surface area contributed by atoms with Crippen molar-refractivity contribution in [2.24, 2.45) is 0 Å². The molecule has 3 heteroatoms. The maximum Gasteiger partial charge on any atom is 0.0620 e. The van der Waals surface area contributed by atoms with E-state index in [0.29, 0.717) is 0 Å². The molecule has 122 valence electrons. The van der Waals surface area contributed by atoms with Crippen LogP contribution < -0.4 is 5.32 Å². The summed E-state index contributed by atoms with van der Waals surface area (Å²) in [7, 11) is 0. The lowest BCUT2D eigenvalue weighted by molar-refractivity contribution is 0.198. The van der Waals surface area contributed by atoms with Crippen LogP contribution in [0.5, 0.6) is 0 Å². The minimum Gasteiger partial charge on any atom is -0.314 e. The van der Waals surface area contributed by atoms with Gasteiger partial charge in [0.25, 0.3) is 0 Å². The van der Waals surface area contributed by atoms with Crippen LogP contribution >= 0.6 is 11.6 Å². The van der Waals surface area contributed by atoms with Crippen molar-refractivity contribution in [2.45, 2.75) is 26.8 Å². The van der Waals surface area contributed by atoms with Crippen molar-refractivity contribution in [3.8, 4) is 0 Å². The van der Waals surface area contributed by atoms with Gasteiger partial charge in [-0.1, -0.05) is 41.9 Å². The van der Waals surface area contributed by atoms with Gasteiger partial charge in [-0.25, -0.2) is 0 Å². The summed E-state index contributed by atoms with van der Waals surface area (Å²) in [6.07, 6.45) is 0. The molecule has 1 N–H and O–H groups in total. The summed E-state index contributed by atoms with van der Waals surface area (Å²) < 4.78 is 0. The predicted octanol–water partition coefficient (Wildman–Crippen LogP) is 4.26. The van der Waals surface area contributed by atoms with Gasteiger partial charge in [0, 0.05) is 31.2 Å². The second kappa shape index (κ2) is 7.04. The summed E-state index contributed by atoms with van der Waals surface area (Å²) in [5.41, 5.74) is 6.63. The molecular formula is C20H25ClN2. The van der Waals surface area contributed by atoms with Gasteiger partial charge >= 0.3 is 0 Å². The monoisotopic (exact) mass is 328 g/mol. The van der Waals surface area contributed by atoms with E-state index < -0.39 is 0 Å². The number of hydrogen-bond acceptors (Lipinski definition) is 2. The third-order valence-corrected chi connectivity index (χ3v) is 5.24. The molecule has 0 aromatic heterocycles. The first-order valence-corrected chi connectivity index (χ1v) is 8.72. The lowest BCUT2D eigenvalue weighted by atomic mass is 9.90. The van der Waals surface area contributed by atoms with Gasteiger partial charge in [-0.3, -0.25) is 4.90 Å². The van der Waals surface area contributed by atoms with Gasteiger partial charge in [0.15, 0.2) is 0 Å². The molecule has 0 bridgehead atoms. The number of halogens is 1. The van der Waals surface area contributed by atoms with E-state index in [4.69, 9.17) is 11.6 Å². The van der Waals surface area contributed by atoms with Crippen LogP contribution in [0.15, 0.2) is 36.4 Å². The highest BCUT2D eigenvalue weighted by atomic mass is 35.5. The van der Waals surface area contributed by atoms with E-state index >= 15 is 0 Å². The third kappa shape index (κ3) is 3.45. The van der Waals surface area contributed by atoms with Crippen molar-refractivity contribution in [1.29, 1.82) is 0 Å². The van der Waals surface area contributed by atoms with E-state index in [1.165, 1.54) is 27.8 Å². The third-order valence-electron chi connectivity index (χ3n) is 4.89. The highest BCUT2D eigenvalue weighted by Gasteiger charge is 2.27. The summed E-state index contributed by atoms with van der Waals surface area (Å²) in [5.74, 6) is 0. The van der Waals surface area contributed by atoms with Crippen molar-refractivity contribution in [3.63, 3.8) is 0 Å². The highest BCUT2D eigenvalue weighted by molar-refractivity contribution is 6.31. The van der Waals surface area contributed by atoms with Crippen LogP contribution in [-0.2, 0) is 0 Å². The second-order valence-corrected chi connectivity index (χ2v) is 6.91. The van der Waals surface area contributed by atoms with E-state index in [0.717, 1.165) is 31.2 Å². The fourth-order valence-electron chi connectivity index (χ4n) is 3.48. The number of nitrogens with zero attached hydrogens (tertiary/aromatic N) is 1. The molecule has 2 nitrogen and oxygen atoms in total. The fraction of sp³-hybridized carbons (Fsp3) is 0.400. The van der Waals surface area contributed by atoms with Crippen molar-refractivity contribution in [3.05, 3.63) is 69.2 Å². The number of benzene rings is 2. The topological polar surface area (TPSA) is 15.3 Å². The van der Waals surface area contributed by atoms with Crippen LogP contribution in [0.25, 0.3) is 0 Å². The Hall–Kier alpha value is -1.35. The summed E-state index contributed by atoms with van der Waals surface area (Å²) in [6, 6.07) is 13.1. The van der Waals surface area contributed by atoms with Crippen LogP contribution in [0.1, 0.15) is 33.9 Å². The zero-order valence-electron chi connectivity index (χ0n) is 14.2. The molecule has 0 saturated carbocycles. The maximum absolute atomic E-state index is 6.57. The van der Waals surface area contributed by atoms with Crippen LogP contribution in [0, 0.1) is 20.8 Å². The first-order valence-electron chi connectivity index (χ1n) is 8.35. The molecule has 0 spiro atoms. The van der Waals surface area contributed by atoms with E-state index in [1.807, 2.05) is 12.1 Å². The quantitative estimate of drug-likeness (QED) is 0.905. The summed E-state index contributed by atoms with van der Waals surface area (Å²) >= 11 is 6.57. The van der Waals surface area contributed by atoms with Gasteiger partial charge in [-0.05, 0) is 54.7 Å². The SMILES string of the molecule is Cc1cc(C)c(C(c2ccccc2Cl)N2CCNCC2)cc1C. The minimum absolute atomic E-state index is 0.227. The number of hydrogen-bond donors (Lipinski definition) is 1. The van der Waals surface area contributed by atoms with Crippen molar-refractivity contribution < 1.29 is 0 Å². The summed E-state index contributed by atoms with van der Waals surface area (Å²) in [5, 5.41) is 4.30. The zero-order valence-corrected chi connectivity index (χ0v) is 15.0. The average Bonchev–Trinajstić information content (AvgIpc) is 2.55. The largest absolute Gasteiger partial charge is 0.314 e. The zero-order chi connectivity index (χ0) is 16.4. The van der Waals surface area contributed by atoms with Gasteiger partial charge in [0.05, 0.1) is 6.04 Å². The van der Waals surface area contributed by atoms with Crippen LogP contribution in [0.2, 0.25) is 5.02 Å². The van der Waals surface area contributed by atoms with Crippen LogP contribution in [-0.4, -0.2) is 31.1 Å². The number of aryl methyl sites for hydroxylation is 3. The van der Waals surface area contributed by atoms with E-state index in [-0.39, 0.29) is 6.04 Å². The van der Waals surface area contributed by atoms with Gasteiger partial charge < -0.3 is 5.32 Å². The van der Waals surface area contributed by atoms with Crippen molar-refractivity contribution >= 4 is 11.6 Å². The Morgan fingerprint density at radius 1 is 0.913 bits per heavy atom. The van der Waals surface area contributed by atoms with E-state index in [9.17, 15) is 0 Å². The molecule has 1 unspecified atom stereocenters. The van der Waals surface area contributed by atoms with Gasteiger partial charge in [0.2, 0.25) is 0 Å². The lowest BCUT2D eigenvalue weighted by Crippen LogP contribution is -2.45. The van der Waals surface area contributed by atoms with Gasteiger partial charge in [-0.15, -0.1) is 0 Å². The highest BCUT2D eigenvalue weighted by Crippen LogP contribution is 2.36. The Kier molecular flexibility index (Phi) is 5.05. The van der Waals surface area contributed by atoms with Gasteiger partial charge in [-0.2, -0.15) is 0 Å². The van der Waals surface area contributed by atoms with E-state index in [2.05, 4.69) is 55.3 Å². The summed E-state index contributed by atoms with van der Waals surface area (Å²) in [6.45, 7) is 10.7.